The molecule has 0 atom stereocenters. The van der Waals surface area contributed by atoms with Crippen molar-refractivity contribution in [2.75, 3.05) is 62.0 Å². The van der Waals surface area contributed by atoms with Gasteiger partial charge in [0.05, 0.1) is 29.8 Å². The van der Waals surface area contributed by atoms with Crippen LogP contribution in [0.1, 0.15) is 43.6 Å². The lowest BCUT2D eigenvalue weighted by molar-refractivity contribution is 0.250. The van der Waals surface area contributed by atoms with Crippen LogP contribution >= 0.6 is 0 Å². The Labute approximate surface area is 235 Å². The zero-order chi connectivity index (χ0) is 28.0. The molecule has 3 aliphatic heterocycles. The Morgan fingerprint density at radius 1 is 1.07 bits per heavy atom. The van der Waals surface area contributed by atoms with E-state index >= 15 is 8.78 Å². The Morgan fingerprint density at radius 2 is 1.88 bits per heavy atom. The normalized spacial score (nSPS) is 17.2. The number of ether oxygens (including phenoxy) is 1. The molecule has 1 saturated heterocycles. The Kier molecular flexibility index (Phi) is 7.25. The molecule has 40 heavy (non-hydrogen) atoms. The van der Waals surface area contributed by atoms with Crippen LogP contribution in [0.25, 0.3) is 11.3 Å². The third-order valence-electron chi connectivity index (χ3n) is 8.55. The maximum absolute atomic E-state index is 15.1. The van der Waals surface area contributed by atoms with E-state index in [1.165, 1.54) is 29.2 Å². The summed E-state index contributed by atoms with van der Waals surface area (Å²) in [5.74, 6) is -0.349. The number of anilines is 3. The zero-order valence-corrected chi connectivity index (χ0v) is 23.8. The van der Waals surface area contributed by atoms with E-state index in [2.05, 4.69) is 56.2 Å². The maximum Gasteiger partial charge on any atom is 0.178 e. The molecule has 6 rings (SSSR count). The van der Waals surface area contributed by atoms with Crippen LogP contribution < -0.4 is 19.9 Å². The molecule has 0 aliphatic carbocycles. The molecule has 2 aromatic carbocycles. The van der Waals surface area contributed by atoms with Crippen LogP contribution in [0.4, 0.5) is 25.8 Å². The van der Waals surface area contributed by atoms with Crippen LogP contribution in [-0.2, 0) is 12.8 Å². The minimum Gasteiger partial charge on any atom is -0.486 e. The Balaban J connectivity index is 1.29. The molecule has 3 aromatic rings. The van der Waals surface area contributed by atoms with E-state index in [0.717, 1.165) is 44.5 Å². The van der Waals surface area contributed by atoms with Crippen molar-refractivity contribution in [3.8, 4) is 17.0 Å². The molecule has 1 N–H and O–H groups in total. The van der Waals surface area contributed by atoms with Crippen LogP contribution in [0.15, 0.2) is 30.5 Å². The molecule has 7 nitrogen and oxygen atoms in total. The number of hydrogen-bond acceptors (Lipinski definition) is 7. The van der Waals surface area contributed by atoms with Crippen molar-refractivity contribution < 1.29 is 13.5 Å². The van der Waals surface area contributed by atoms with Crippen LogP contribution in [0.3, 0.4) is 0 Å². The summed E-state index contributed by atoms with van der Waals surface area (Å²) in [6.07, 6.45) is 4.92. The van der Waals surface area contributed by atoms with E-state index in [0.29, 0.717) is 42.7 Å². The van der Waals surface area contributed by atoms with Crippen molar-refractivity contribution >= 4 is 17.1 Å². The maximum atomic E-state index is 15.1. The van der Waals surface area contributed by atoms with E-state index in [1.807, 2.05) is 13.8 Å². The van der Waals surface area contributed by atoms with Gasteiger partial charge >= 0.3 is 0 Å². The second kappa shape index (κ2) is 10.8. The number of halogens is 2. The second-order valence-electron chi connectivity index (χ2n) is 11.6. The van der Waals surface area contributed by atoms with E-state index in [9.17, 15) is 0 Å². The molecule has 1 aromatic heterocycles. The number of piperidine rings is 1. The number of aromatic nitrogens is 2. The number of rotatable bonds is 6. The summed E-state index contributed by atoms with van der Waals surface area (Å²) in [5, 5.41) is 3.61. The number of nitrogens with zero attached hydrogens (tertiary/aromatic N) is 5. The SMILES string of the molecule is CC(C)N1CCOc2c(F)cc(-c3nc(Cc4ccc(N5CCC(N(C)C)CC5)c5c4CCN5)ncc3F)cc21. The largest absolute Gasteiger partial charge is 0.486 e. The summed E-state index contributed by atoms with van der Waals surface area (Å²) < 4.78 is 35.8. The van der Waals surface area contributed by atoms with Crippen LogP contribution in [-0.4, -0.2) is 73.8 Å². The van der Waals surface area contributed by atoms with Gasteiger partial charge in [-0.05, 0) is 76.5 Å². The highest BCUT2D eigenvalue weighted by molar-refractivity contribution is 5.78. The summed E-state index contributed by atoms with van der Waals surface area (Å²) in [5.41, 5.74) is 6.01. The molecule has 0 saturated carbocycles. The minimum atomic E-state index is -0.570. The second-order valence-corrected chi connectivity index (χ2v) is 11.6. The Bertz CT molecular complexity index is 1400. The zero-order valence-electron chi connectivity index (χ0n) is 23.8. The van der Waals surface area contributed by atoms with Gasteiger partial charge in [0.25, 0.3) is 0 Å². The van der Waals surface area contributed by atoms with Crippen molar-refractivity contribution in [2.24, 2.45) is 0 Å². The van der Waals surface area contributed by atoms with Crippen molar-refractivity contribution in [2.45, 2.75) is 51.6 Å². The number of fused-ring (bicyclic) bond motifs is 2. The summed E-state index contributed by atoms with van der Waals surface area (Å²) in [7, 11) is 4.32. The van der Waals surface area contributed by atoms with Crippen molar-refractivity contribution in [3.05, 3.63) is 59.0 Å². The highest BCUT2D eigenvalue weighted by Crippen LogP contribution is 2.40. The molecular weight excluding hydrogens is 510 g/mol. The standard InChI is InChI=1S/C31H38F2N6O/c1-19(2)39-13-14-40-31-24(32)15-21(16-27(31)39)29-25(33)18-35-28(36-29)17-20-5-6-26(30-23(20)7-10-34-30)38-11-8-22(9-12-38)37(3)4/h5-6,15-16,18-19,22,34H,7-14,17H2,1-4H3. The third kappa shape index (κ3) is 4.96. The summed E-state index contributed by atoms with van der Waals surface area (Å²) in [6.45, 7) is 8.13. The topological polar surface area (TPSA) is 56.8 Å². The number of benzene rings is 2. The quantitative estimate of drug-likeness (QED) is 0.459. The number of hydrogen-bond donors (Lipinski definition) is 1. The lowest BCUT2D eigenvalue weighted by atomic mass is 9.98. The lowest BCUT2D eigenvalue weighted by Crippen LogP contribution is -2.42. The summed E-state index contributed by atoms with van der Waals surface area (Å²) >= 11 is 0. The van der Waals surface area contributed by atoms with Gasteiger partial charge in [-0.2, -0.15) is 0 Å². The smallest absolute Gasteiger partial charge is 0.178 e. The van der Waals surface area contributed by atoms with Gasteiger partial charge < -0.3 is 24.8 Å². The molecular formula is C31H38F2N6O. The van der Waals surface area contributed by atoms with Gasteiger partial charge in [0.15, 0.2) is 17.4 Å². The van der Waals surface area contributed by atoms with Gasteiger partial charge in [-0.15, -0.1) is 0 Å². The lowest BCUT2D eigenvalue weighted by Gasteiger charge is -2.37. The van der Waals surface area contributed by atoms with Gasteiger partial charge in [0, 0.05) is 43.7 Å². The summed E-state index contributed by atoms with van der Waals surface area (Å²) in [4.78, 5) is 15.8. The first-order valence-electron chi connectivity index (χ1n) is 14.3. The third-order valence-corrected chi connectivity index (χ3v) is 8.55. The van der Waals surface area contributed by atoms with Crippen LogP contribution in [0.5, 0.6) is 5.75 Å². The average Bonchev–Trinajstić information content (AvgIpc) is 3.44. The van der Waals surface area contributed by atoms with Gasteiger partial charge in [-0.25, -0.2) is 18.7 Å². The molecule has 0 bridgehead atoms. The van der Waals surface area contributed by atoms with E-state index in [4.69, 9.17) is 4.74 Å². The van der Waals surface area contributed by atoms with Gasteiger partial charge in [-0.3, -0.25) is 0 Å². The minimum absolute atomic E-state index is 0.108. The molecule has 0 spiro atoms. The summed E-state index contributed by atoms with van der Waals surface area (Å²) in [6, 6.07) is 8.25. The molecule has 9 heteroatoms. The highest BCUT2D eigenvalue weighted by atomic mass is 19.1. The highest BCUT2D eigenvalue weighted by Gasteiger charge is 2.28. The number of nitrogens with one attached hydrogen (secondary N) is 1. The van der Waals surface area contributed by atoms with E-state index < -0.39 is 11.6 Å². The molecule has 4 heterocycles. The first-order chi connectivity index (χ1) is 19.3. The molecule has 212 valence electrons. The van der Waals surface area contributed by atoms with E-state index in [1.54, 1.807) is 6.07 Å². The fourth-order valence-electron chi connectivity index (χ4n) is 6.36. The fourth-order valence-corrected chi connectivity index (χ4v) is 6.36. The monoisotopic (exact) mass is 548 g/mol. The predicted octanol–water partition coefficient (Wildman–Crippen LogP) is 5.12. The fraction of sp³-hybridized carbons (Fsp3) is 0.484. The Morgan fingerprint density at radius 3 is 2.62 bits per heavy atom. The van der Waals surface area contributed by atoms with E-state index in [-0.39, 0.29) is 17.5 Å². The average molecular weight is 549 g/mol. The van der Waals surface area contributed by atoms with Crippen molar-refractivity contribution in [1.82, 2.24) is 14.9 Å². The van der Waals surface area contributed by atoms with Crippen LogP contribution in [0, 0.1) is 11.6 Å². The molecule has 0 amide bonds. The predicted molar refractivity (Wildman–Crippen MR) is 156 cm³/mol. The van der Waals surface area contributed by atoms with Crippen LogP contribution in [0.2, 0.25) is 0 Å². The first-order valence-corrected chi connectivity index (χ1v) is 14.3. The molecule has 0 unspecified atom stereocenters. The van der Waals surface area contributed by atoms with Gasteiger partial charge in [-0.1, -0.05) is 6.07 Å². The molecule has 0 radical (unpaired) electrons. The van der Waals surface area contributed by atoms with Gasteiger partial charge in [0.2, 0.25) is 0 Å². The Hall–Kier alpha value is -3.46. The molecule has 3 aliphatic rings. The molecule has 1 fully saturated rings. The van der Waals surface area contributed by atoms with Crippen molar-refractivity contribution in [3.63, 3.8) is 0 Å². The first kappa shape index (κ1) is 26.7. The van der Waals surface area contributed by atoms with Gasteiger partial charge in [0.1, 0.15) is 18.1 Å². The van der Waals surface area contributed by atoms with Crippen molar-refractivity contribution in [1.29, 1.82) is 0 Å².